The maximum Gasteiger partial charge on any atom is 0.333 e. The van der Waals surface area contributed by atoms with E-state index >= 15 is 0 Å². The van der Waals surface area contributed by atoms with Gasteiger partial charge in [0.15, 0.2) is 0 Å². The first kappa shape index (κ1) is 8.78. The normalized spacial score (nSPS) is 19.2. The first-order chi connectivity index (χ1) is 5.75. The van der Waals surface area contributed by atoms with Gasteiger partial charge in [-0.1, -0.05) is 24.3 Å². The highest BCUT2D eigenvalue weighted by Gasteiger charge is 2.08. The van der Waals surface area contributed by atoms with E-state index in [4.69, 9.17) is 0 Å². The quantitative estimate of drug-likeness (QED) is 0.437. The van der Waals surface area contributed by atoms with E-state index in [2.05, 4.69) is 4.74 Å². The van der Waals surface area contributed by atoms with Gasteiger partial charge < -0.3 is 4.74 Å². The Morgan fingerprint density at radius 1 is 1.50 bits per heavy atom. The molecule has 0 unspecified atom stereocenters. The summed E-state index contributed by atoms with van der Waals surface area (Å²) in [5.74, 6) is -0.245. The van der Waals surface area contributed by atoms with Crippen molar-refractivity contribution in [1.82, 2.24) is 0 Å². The number of carbonyl (C=O) groups is 1. The van der Waals surface area contributed by atoms with Gasteiger partial charge in [-0.2, -0.15) is 0 Å². The predicted molar refractivity (Wildman–Crippen MR) is 47.6 cm³/mol. The summed E-state index contributed by atoms with van der Waals surface area (Å²) < 4.78 is 4.61. The van der Waals surface area contributed by atoms with Crippen molar-refractivity contribution in [3.8, 4) is 0 Å². The molecule has 0 atom stereocenters. The maximum absolute atomic E-state index is 11.1. The highest BCUT2D eigenvalue weighted by atomic mass is 16.5. The van der Waals surface area contributed by atoms with Gasteiger partial charge in [-0.05, 0) is 18.9 Å². The van der Waals surface area contributed by atoms with Gasteiger partial charge in [-0.15, -0.1) is 0 Å². The van der Waals surface area contributed by atoms with Crippen LogP contribution in [0.1, 0.15) is 13.3 Å². The van der Waals surface area contributed by atoms with E-state index in [1.165, 1.54) is 7.11 Å². The summed E-state index contributed by atoms with van der Waals surface area (Å²) in [6.45, 7) is 1.78. The molecule has 0 aromatic rings. The average Bonchev–Trinajstić information content (AvgIpc) is 2.17. The molecule has 0 saturated carbocycles. The number of ether oxygens (including phenoxy) is 1. The Hall–Kier alpha value is -1.31. The molecular weight excluding hydrogens is 152 g/mol. The molecule has 0 amide bonds. The van der Waals surface area contributed by atoms with Crippen LogP contribution in [0.15, 0.2) is 35.5 Å². The minimum Gasteiger partial charge on any atom is -0.466 e. The number of allylic oxidation sites excluding steroid dienone is 5. The molecule has 0 N–H and O–H groups in total. The molecule has 1 aliphatic carbocycles. The van der Waals surface area contributed by atoms with Gasteiger partial charge in [0, 0.05) is 5.57 Å². The van der Waals surface area contributed by atoms with Crippen molar-refractivity contribution in [2.75, 3.05) is 7.11 Å². The van der Waals surface area contributed by atoms with Crippen LogP contribution in [0.25, 0.3) is 0 Å². The van der Waals surface area contributed by atoms with Gasteiger partial charge in [-0.25, -0.2) is 4.79 Å². The maximum atomic E-state index is 11.1. The monoisotopic (exact) mass is 164 g/mol. The second kappa shape index (κ2) is 3.90. The SMILES string of the molecule is COC(=O)C(C)=C1C=CC=CC1. The van der Waals surface area contributed by atoms with E-state index in [9.17, 15) is 4.79 Å². The number of esters is 1. The van der Waals surface area contributed by atoms with E-state index < -0.39 is 0 Å². The van der Waals surface area contributed by atoms with E-state index in [-0.39, 0.29) is 5.97 Å². The second-order valence-electron chi connectivity index (χ2n) is 2.63. The molecular formula is C10H12O2. The molecule has 0 saturated heterocycles. The fraction of sp³-hybridized carbons (Fsp3) is 0.300. The summed E-state index contributed by atoms with van der Waals surface area (Å²) in [5.41, 5.74) is 1.72. The van der Waals surface area contributed by atoms with Gasteiger partial charge in [0.2, 0.25) is 0 Å². The fourth-order valence-electron chi connectivity index (χ4n) is 1.08. The van der Waals surface area contributed by atoms with Gasteiger partial charge in [-0.3, -0.25) is 0 Å². The number of carbonyl (C=O) groups excluding carboxylic acids is 1. The smallest absolute Gasteiger partial charge is 0.333 e. The molecule has 2 nitrogen and oxygen atoms in total. The van der Waals surface area contributed by atoms with Crippen molar-refractivity contribution >= 4 is 5.97 Å². The Morgan fingerprint density at radius 2 is 2.25 bits per heavy atom. The van der Waals surface area contributed by atoms with Gasteiger partial charge in [0.05, 0.1) is 7.11 Å². The van der Waals surface area contributed by atoms with E-state index in [0.29, 0.717) is 5.57 Å². The molecule has 0 heterocycles. The van der Waals surface area contributed by atoms with Crippen LogP contribution in [0.4, 0.5) is 0 Å². The lowest BCUT2D eigenvalue weighted by atomic mass is 10.0. The second-order valence-corrected chi connectivity index (χ2v) is 2.63. The Kier molecular flexibility index (Phi) is 2.86. The Morgan fingerprint density at radius 3 is 2.75 bits per heavy atom. The van der Waals surface area contributed by atoms with Crippen LogP contribution in [-0.2, 0) is 9.53 Å². The van der Waals surface area contributed by atoms with Crippen molar-refractivity contribution in [2.45, 2.75) is 13.3 Å². The molecule has 0 aromatic heterocycles. The van der Waals surface area contributed by atoms with Crippen LogP contribution >= 0.6 is 0 Å². The molecule has 0 fully saturated rings. The molecule has 0 spiro atoms. The molecule has 12 heavy (non-hydrogen) atoms. The predicted octanol–water partition coefficient (Wildman–Crippen LogP) is 1.99. The van der Waals surface area contributed by atoms with E-state index in [0.717, 1.165) is 12.0 Å². The topological polar surface area (TPSA) is 26.3 Å². The van der Waals surface area contributed by atoms with Crippen molar-refractivity contribution in [3.05, 3.63) is 35.5 Å². The minimum absolute atomic E-state index is 0.245. The van der Waals surface area contributed by atoms with Crippen molar-refractivity contribution < 1.29 is 9.53 Å². The number of hydrogen-bond donors (Lipinski definition) is 0. The first-order valence-electron chi connectivity index (χ1n) is 3.87. The van der Waals surface area contributed by atoms with Gasteiger partial charge >= 0.3 is 5.97 Å². The molecule has 0 radical (unpaired) electrons. The van der Waals surface area contributed by atoms with Crippen molar-refractivity contribution in [3.63, 3.8) is 0 Å². The number of rotatable bonds is 1. The summed E-state index contributed by atoms with van der Waals surface area (Å²) >= 11 is 0. The van der Waals surface area contributed by atoms with Crippen molar-refractivity contribution in [2.24, 2.45) is 0 Å². The number of methoxy groups -OCH3 is 1. The molecule has 64 valence electrons. The Bertz CT molecular complexity index is 270. The van der Waals surface area contributed by atoms with Crippen molar-refractivity contribution in [1.29, 1.82) is 0 Å². The lowest BCUT2D eigenvalue weighted by Crippen LogP contribution is -2.04. The van der Waals surface area contributed by atoms with E-state index in [1.54, 1.807) is 6.92 Å². The summed E-state index contributed by atoms with van der Waals surface area (Å²) in [6, 6.07) is 0. The molecule has 0 aromatic carbocycles. The molecule has 1 aliphatic rings. The third-order valence-corrected chi connectivity index (χ3v) is 1.86. The molecule has 0 aliphatic heterocycles. The summed E-state index contributed by atoms with van der Waals surface area (Å²) in [6.07, 6.45) is 8.66. The van der Waals surface area contributed by atoms with Crippen LogP contribution in [-0.4, -0.2) is 13.1 Å². The Balaban J connectivity index is 2.83. The summed E-state index contributed by atoms with van der Waals surface area (Å²) in [7, 11) is 1.40. The van der Waals surface area contributed by atoms with Crippen LogP contribution < -0.4 is 0 Å². The zero-order valence-electron chi connectivity index (χ0n) is 7.33. The average molecular weight is 164 g/mol. The van der Waals surface area contributed by atoms with Crippen LogP contribution in [0, 0.1) is 0 Å². The molecule has 1 rings (SSSR count). The van der Waals surface area contributed by atoms with Gasteiger partial charge in [0.1, 0.15) is 0 Å². The zero-order valence-corrected chi connectivity index (χ0v) is 7.33. The van der Waals surface area contributed by atoms with Crippen LogP contribution in [0.5, 0.6) is 0 Å². The lowest BCUT2D eigenvalue weighted by Gasteiger charge is -2.06. The summed E-state index contributed by atoms with van der Waals surface area (Å²) in [5, 5.41) is 0. The van der Waals surface area contributed by atoms with E-state index in [1.807, 2.05) is 24.3 Å². The number of hydrogen-bond acceptors (Lipinski definition) is 2. The molecule has 2 heteroatoms. The van der Waals surface area contributed by atoms with Crippen LogP contribution in [0.2, 0.25) is 0 Å². The highest BCUT2D eigenvalue weighted by Crippen LogP contribution is 2.15. The third kappa shape index (κ3) is 1.84. The third-order valence-electron chi connectivity index (χ3n) is 1.86. The standard InChI is InChI=1S/C10H12O2/c1-8(10(11)12-2)9-6-4-3-5-7-9/h3-6H,7H2,1-2H3. The van der Waals surface area contributed by atoms with Crippen LogP contribution in [0.3, 0.4) is 0 Å². The largest absolute Gasteiger partial charge is 0.466 e. The molecule has 0 bridgehead atoms. The van der Waals surface area contributed by atoms with Gasteiger partial charge in [0.25, 0.3) is 0 Å². The minimum atomic E-state index is -0.245. The zero-order chi connectivity index (χ0) is 8.97. The first-order valence-corrected chi connectivity index (χ1v) is 3.87. The fourth-order valence-corrected chi connectivity index (χ4v) is 1.08. The summed E-state index contributed by atoms with van der Waals surface area (Å²) in [4.78, 5) is 11.1. The Labute approximate surface area is 72.2 Å². The lowest BCUT2D eigenvalue weighted by molar-refractivity contribution is -0.136. The highest BCUT2D eigenvalue weighted by molar-refractivity contribution is 5.89.